The average molecular weight is 427 g/mol. The van der Waals surface area contributed by atoms with Crippen LogP contribution in [-0.2, 0) is 9.53 Å². The van der Waals surface area contributed by atoms with E-state index < -0.39 is 0 Å². The second kappa shape index (κ2) is 8.27. The van der Waals surface area contributed by atoms with Crippen LogP contribution in [0.25, 0.3) is 11.8 Å². The minimum Gasteiger partial charge on any atom is -0.493 e. The molecular weight excluding hydrogens is 408 g/mol. The van der Waals surface area contributed by atoms with Crippen LogP contribution < -0.4 is 9.47 Å². The van der Waals surface area contributed by atoms with Crippen molar-refractivity contribution < 1.29 is 19.0 Å². The van der Waals surface area contributed by atoms with Gasteiger partial charge in [-0.2, -0.15) is 0 Å². The van der Waals surface area contributed by atoms with Crippen molar-refractivity contribution in [3.05, 3.63) is 81.9 Å². The van der Waals surface area contributed by atoms with Crippen molar-refractivity contribution in [2.75, 3.05) is 13.7 Å². The maximum atomic E-state index is 12.3. The summed E-state index contributed by atoms with van der Waals surface area (Å²) in [4.78, 5) is 12.3. The van der Waals surface area contributed by atoms with E-state index in [1.807, 2.05) is 37.3 Å². The van der Waals surface area contributed by atoms with Gasteiger partial charge in [0.05, 0.1) is 17.2 Å². The van der Waals surface area contributed by atoms with E-state index in [2.05, 4.69) is 22.5 Å². The molecule has 1 aliphatic heterocycles. The molecule has 0 fully saturated rings. The SMILES string of the molecule is C=CCOc1c(Br)cc(/C=C2\C=C(c3ccc(C)cc3)OC2=O)cc1OC. The number of cyclic esters (lactones) is 1. The van der Waals surface area contributed by atoms with E-state index in [9.17, 15) is 4.79 Å². The molecule has 5 heteroatoms. The topological polar surface area (TPSA) is 44.8 Å². The summed E-state index contributed by atoms with van der Waals surface area (Å²) in [6.45, 7) is 6.02. The van der Waals surface area contributed by atoms with Gasteiger partial charge in [0.25, 0.3) is 0 Å². The Hall–Kier alpha value is -2.79. The highest BCUT2D eigenvalue weighted by molar-refractivity contribution is 9.10. The molecule has 2 aromatic rings. The van der Waals surface area contributed by atoms with Gasteiger partial charge >= 0.3 is 5.97 Å². The zero-order chi connectivity index (χ0) is 19.4. The van der Waals surface area contributed by atoms with Crippen molar-refractivity contribution in [3.63, 3.8) is 0 Å². The van der Waals surface area contributed by atoms with Gasteiger partial charge in [-0.1, -0.05) is 42.5 Å². The maximum absolute atomic E-state index is 12.3. The van der Waals surface area contributed by atoms with Gasteiger partial charge in [0.2, 0.25) is 0 Å². The van der Waals surface area contributed by atoms with Gasteiger partial charge < -0.3 is 14.2 Å². The Morgan fingerprint density at radius 1 is 1.22 bits per heavy atom. The van der Waals surface area contributed by atoms with E-state index in [1.165, 1.54) is 0 Å². The van der Waals surface area contributed by atoms with Crippen LogP contribution in [0.5, 0.6) is 11.5 Å². The number of esters is 1. The molecule has 0 unspecified atom stereocenters. The predicted molar refractivity (Wildman–Crippen MR) is 110 cm³/mol. The summed E-state index contributed by atoms with van der Waals surface area (Å²) in [6, 6.07) is 11.5. The normalized spacial score (nSPS) is 14.7. The largest absolute Gasteiger partial charge is 0.493 e. The first-order valence-electron chi connectivity index (χ1n) is 8.35. The highest BCUT2D eigenvalue weighted by Gasteiger charge is 2.22. The lowest BCUT2D eigenvalue weighted by Crippen LogP contribution is -1.99. The standard InChI is InChI=1S/C22H19BrO4/c1-4-9-26-21-18(23)11-15(12-20(21)25-3)10-17-13-19(27-22(17)24)16-7-5-14(2)6-8-16/h4-8,10-13H,1,9H2,2-3H3/b17-10+. The number of hydrogen-bond acceptors (Lipinski definition) is 4. The molecule has 0 saturated carbocycles. The van der Waals surface area contributed by atoms with Crippen LogP contribution >= 0.6 is 15.9 Å². The molecule has 0 amide bonds. The highest BCUT2D eigenvalue weighted by atomic mass is 79.9. The monoisotopic (exact) mass is 426 g/mol. The zero-order valence-corrected chi connectivity index (χ0v) is 16.7. The van der Waals surface area contributed by atoms with E-state index >= 15 is 0 Å². The molecule has 3 rings (SSSR count). The van der Waals surface area contributed by atoms with Crippen molar-refractivity contribution >= 4 is 33.7 Å². The molecule has 0 N–H and O–H groups in total. The molecular formula is C22H19BrO4. The lowest BCUT2D eigenvalue weighted by molar-refractivity contribution is -0.130. The zero-order valence-electron chi connectivity index (χ0n) is 15.1. The number of hydrogen-bond donors (Lipinski definition) is 0. The summed E-state index contributed by atoms with van der Waals surface area (Å²) in [5, 5.41) is 0. The lowest BCUT2D eigenvalue weighted by atomic mass is 10.1. The molecule has 0 bridgehead atoms. The fourth-order valence-electron chi connectivity index (χ4n) is 2.63. The van der Waals surface area contributed by atoms with Gasteiger partial charge in [-0.05, 0) is 52.7 Å². The summed E-state index contributed by atoms with van der Waals surface area (Å²) in [5.41, 5.74) is 3.27. The summed E-state index contributed by atoms with van der Waals surface area (Å²) in [5.74, 6) is 1.31. The van der Waals surface area contributed by atoms with Crippen molar-refractivity contribution in [1.82, 2.24) is 0 Å². The van der Waals surface area contributed by atoms with Gasteiger partial charge in [0.15, 0.2) is 11.5 Å². The van der Waals surface area contributed by atoms with E-state index in [-0.39, 0.29) is 5.97 Å². The number of methoxy groups -OCH3 is 1. The maximum Gasteiger partial charge on any atom is 0.343 e. The molecule has 27 heavy (non-hydrogen) atoms. The quantitative estimate of drug-likeness (QED) is 0.356. The summed E-state index contributed by atoms with van der Waals surface area (Å²) >= 11 is 3.49. The molecule has 0 aliphatic carbocycles. The van der Waals surface area contributed by atoms with Crippen LogP contribution in [0.1, 0.15) is 16.7 Å². The fraction of sp³-hybridized carbons (Fsp3) is 0.136. The molecule has 0 saturated heterocycles. The van der Waals surface area contributed by atoms with E-state index in [0.29, 0.717) is 29.4 Å². The Morgan fingerprint density at radius 2 is 1.96 bits per heavy atom. The number of carbonyl (C=O) groups excluding carboxylic acids is 1. The number of ether oxygens (including phenoxy) is 3. The average Bonchev–Trinajstić information content (AvgIpc) is 3.01. The molecule has 1 heterocycles. The van der Waals surface area contributed by atoms with Gasteiger partial charge in [-0.15, -0.1) is 0 Å². The highest BCUT2D eigenvalue weighted by Crippen LogP contribution is 2.38. The van der Waals surface area contributed by atoms with E-state index in [1.54, 1.807) is 31.4 Å². The molecule has 0 aromatic heterocycles. The first kappa shape index (κ1) is 19.0. The molecule has 4 nitrogen and oxygen atoms in total. The van der Waals surface area contributed by atoms with Crippen molar-refractivity contribution in [3.8, 4) is 11.5 Å². The summed E-state index contributed by atoms with van der Waals surface area (Å²) in [7, 11) is 1.57. The fourth-order valence-corrected chi connectivity index (χ4v) is 3.21. The van der Waals surface area contributed by atoms with Crippen molar-refractivity contribution in [1.29, 1.82) is 0 Å². The number of aryl methyl sites for hydroxylation is 1. The Balaban J connectivity index is 1.93. The molecule has 0 atom stereocenters. The first-order valence-corrected chi connectivity index (χ1v) is 9.15. The molecule has 0 radical (unpaired) electrons. The second-order valence-electron chi connectivity index (χ2n) is 6.00. The van der Waals surface area contributed by atoms with Crippen molar-refractivity contribution in [2.45, 2.75) is 6.92 Å². The van der Waals surface area contributed by atoms with Gasteiger partial charge in [0.1, 0.15) is 12.4 Å². The number of rotatable bonds is 6. The van der Waals surface area contributed by atoms with Crippen LogP contribution in [0.3, 0.4) is 0 Å². The van der Waals surface area contributed by atoms with Crippen LogP contribution in [0.4, 0.5) is 0 Å². The third-order valence-electron chi connectivity index (χ3n) is 3.98. The third kappa shape index (κ3) is 4.31. The van der Waals surface area contributed by atoms with Crippen LogP contribution in [-0.4, -0.2) is 19.7 Å². The summed E-state index contributed by atoms with van der Waals surface area (Å²) < 4.78 is 17.2. The molecule has 2 aromatic carbocycles. The Kier molecular flexibility index (Phi) is 5.81. The Morgan fingerprint density at radius 3 is 2.63 bits per heavy atom. The van der Waals surface area contributed by atoms with Gasteiger partial charge in [-0.3, -0.25) is 0 Å². The van der Waals surface area contributed by atoms with E-state index in [4.69, 9.17) is 14.2 Å². The van der Waals surface area contributed by atoms with Crippen LogP contribution in [0.15, 0.2) is 65.2 Å². The van der Waals surface area contributed by atoms with Crippen LogP contribution in [0, 0.1) is 6.92 Å². The first-order chi connectivity index (χ1) is 13.0. The Bertz CT molecular complexity index is 940. The second-order valence-corrected chi connectivity index (χ2v) is 6.85. The Labute approximate surface area is 166 Å². The van der Waals surface area contributed by atoms with Crippen LogP contribution in [0.2, 0.25) is 0 Å². The predicted octanol–water partition coefficient (Wildman–Crippen LogP) is 5.31. The summed E-state index contributed by atoms with van der Waals surface area (Å²) in [6.07, 6.45) is 5.16. The number of halogens is 1. The molecule has 0 spiro atoms. The minimum atomic E-state index is -0.382. The molecule has 138 valence electrons. The van der Waals surface area contributed by atoms with Gasteiger partial charge in [0, 0.05) is 5.56 Å². The third-order valence-corrected chi connectivity index (χ3v) is 4.57. The lowest BCUT2D eigenvalue weighted by Gasteiger charge is -2.12. The van der Waals surface area contributed by atoms with Gasteiger partial charge in [-0.25, -0.2) is 4.79 Å². The minimum absolute atomic E-state index is 0.365. The van der Waals surface area contributed by atoms with E-state index in [0.717, 1.165) is 21.2 Å². The number of carbonyl (C=O) groups is 1. The molecule has 1 aliphatic rings. The van der Waals surface area contributed by atoms with Crippen molar-refractivity contribution in [2.24, 2.45) is 0 Å². The smallest absolute Gasteiger partial charge is 0.343 e. The number of benzene rings is 2.